The Balaban J connectivity index is 1.66. The van der Waals surface area contributed by atoms with Gasteiger partial charge >= 0.3 is 12.6 Å². The second kappa shape index (κ2) is 11.7. The summed E-state index contributed by atoms with van der Waals surface area (Å²) in [7, 11) is 1.23. The number of amides is 2. The van der Waals surface area contributed by atoms with Crippen LogP contribution in [0, 0.1) is 5.92 Å². The van der Waals surface area contributed by atoms with Crippen LogP contribution in [0.25, 0.3) is 0 Å². The number of carbonyl (C=O) groups is 3. The van der Waals surface area contributed by atoms with Crippen LogP contribution in [0.3, 0.4) is 0 Å². The van der Waals surface area contributed by atoms with Gasteiger partial charge < -0.3 is 24.4 Å². The van der Waals surface area contributed by atoms with Gasteiger partial charge in [0.1, 0.15) is 0 Å². The zero-order valence-electron chi connectivity index (χ0n) is 21.5. The molecule has 9 nitrogen and oxygen atoms in total. The number of halogens is 2. The minimum Gasteiger partial charge on any atom is -0.489 e. The van der Waals surface area contributed by atoms with Crippen molar-refractivity contribution >= 4 is 17.8 Å². The van der Waals surface area contributed by atoms with Gasteiger partial charge in [0.05, 0.1) is 36.6 Å². The second-order valence-corrected chi connectivity index (χ2v) is 9.47. The number of carbonyl (C=O) groups excluding carboxylic acids is 3. The van der Waals surface area contributed by atoms with E-state index in [1.807, 2.05) is 0 Å². The van der Waals surface area contributed by atoms with Gasteiger partial charge in [0.25, 0.3) is 5.91 Å². The summed E-state index contributed by atoms with van der Waals surface area (Å²) in [6.45, 7) is 1.36. The van der Waals surface area contributed by atoms with Crippen LogP contribution in [-0.2, 0) is 9.53 Å². The smallest absolute Gasteiger partial charge is 0.387 e. The van der Waals surface area contributed by atoms with Gasteiger partial charge in [0.2, 0.25) is 5.91 Å². The van der Waals surface area contributed by atoms with Gasteiger partial charge in [-0.2, -0.15) is 8.78 Å². The van der Waals surface area contributed by atoms with Crippen molar-refractivity contribution in [3.05, 3.63) is 52.8 Å². The molecule has 2 aromatic rings. The lowest BCUT2D eigenvalue weighted by atomic mass is 9.93. The highest BCUT2D eigenvalue weighted by atomic mass is 19.3. The van der Waals surface area contributed by atoms with E-state index < -0.39 is 18.6 Å². The minimum absolute atomic E-state index is 0.0436. The standard InChI is InChI=1S/C27H31F2N3O6/c1-4-30-25(34)18-9-20(26(35)36-3)24(31-12-18)21-10-19(13-32(21)15(2)33)17-7-8-22(38-27(28)29)23(11-17)37-14-16-5-6-16/h7-9,11-12,16,19,21,27H,4-6,10,13-14H2,1-3H3,(H,30,34)/t19?,21-/m0/s1. The van der Waals surface area contributed by atoms with Crippen LogP contribution in [0.2, 0.25) is 0 Å². The van der Waals surface area contributed by atoms with E-state index in [0.29, 0.717) is 37.7 Å². The molecule has 1 unspecified atom stereocenters. The van der Waals surface area contributed by atoms with Crippen molar-refractivity contribution in [1.82, 2.24) is 15.2 Å². The van der Waals surface area contributed by atoms with Crippen LogP contribution in [-0.4, -0.2) is 61.1 Å². The van der Waals surface area contributed by atoms with Gasteiger partial charge in [-0.15, -0.1) is 0 Å². The number of nitrogens with zero attached hydrogens (tertiary/aromatic N) is 2. The molecule has 11 heteroatoms. The van der Waals surface area contributed by atoms with E-state index in [9.17, 15) is 23.2 Å². The molecule has 1 aromatic carbocycles. The molecule has 2 aliphatic rings. The number of benzene rings is 1. The molecule has 1 saturated heterocycles. The average Bonchev–Trinajstić information content (AvgIpc) is 3.62. The van der Waals surface area contributed by atoms with Crippen molar-refractivity contribution in [1.29, 1.82) is 0 Å². The average molecular weight is 532 g/mol. The second-order valence-electron chi connectivity index (χ2n) is 9.47. The molecule has 0 bridgehead atoms. The fraction of sp³-hybridized carbons (Fsp3) is 0.481. The summed E-state index contributed by atoms with van der Waals surface area (Å²) in [5, 5.41) is 2.67. The number of aromatic nitrogens is 1. The van der Waals surface area contributed by atoms with Crippen LogP contribution in [0.4, 0.5) is 8.78 Å². The Morgan fingerprint density at radius 2 is 1.95 bits per heavy atom. The Hall–Kier alpha value is -3.76. The molecule has 2 fully saturated rings. The molecule has 1 aliphatic carbocycles. The summed E-state index contributed by atoms with van der Waals surface area (Å²) < 4.78 is 41.3. The first-order chi connectivity index (χ1) is 18.2. The first-order valence-electron chi connectivity index (χ1n) is 12.6. The van der Waals surface area contributed by atoms with Crippen molar-refractivity contribution in [2.75, 3.05) is 26.8 Å². The van der Waals surface area contributed by atoms with E-state index in [-0.39, 0.29) is 40.4 Å². The Morgan fingerprint density at radius 1 is 1.18 bits per heavy atom. The van der Waals surface area contributed by atoms with E-state index in [0.717, 1.165) is 18.4 Å². The van der Waals surface area contributed by atoms with Crippen LogP contribution < -0.4 is 14.8 Å². The Morgan fingerprint density at radius 3 is 2.58 bits per heavy atom. The molecular formula is C27H31F2N3O6. The summed E-state index contributed by atoms with van der Waals surface area (Å²) in [4.78, 5) is 43.7. The maximum atomic E-state index is 13.0. The normalized spacial score (nSPS) is 18.8. The third-order valence-corrected chi connectivity index (χ3v) is 6.77. The van der Waals surface area contributed by atoms with Crippen molar-refractivity contribution in [2.45, 2.75) is 51.7 Å². The fourth-order valence-electron chi connectivity index (χ4n) is 4.66. The molecule has 0 radical (unpaired) electrons. The lowest BCUT2D eigenvalue weighted by Crippen LogP contribution is -2.31. The summed E-state index contributed by atoms with van der Waals surface area (Å²) in [5.41, 5.74) is 1.41. The zero-order chi connectivity index (χ0) is 27.4. The molecule has 2 amide bonds. The molecule has 1 saturated carbocycles. The fourth-order valence-corrected chi connectivity index (χ4v) is 4.66. The maximum absolute atomic E-state index is 13.0. The van der Waals surface area contributed by atoms with Gasteiger partial charge in [0, 0.05) is 32.1 Å². The molecule has 1 N–H and O–H groups in total. The topological polar surface area (TPSA) is 107 Å². The SMILES string of the molecule is CCNC(=O)c1cnc([C@@H]2CC(c3ccc(OC(F)F)c(OCC4CC4)c3)CN2C(C)=O)c(C(=O)OC)c1. The molecule has 1 aromatic heterocycles. The highest BCUT2D eigenvalue weighted by Gasteiger charge is 2.39. The Kier molecular flexibility index (Phi) is 8.43. The number of alkyl halides is 2. The number of methoxy groups -OCH3 is 1. The lowest BCUT2D eigenvalue weighted by Gasteiger charge is -2.24. The summed E-state index contributed by atoms with van der Waals surface area (Å²) in [5.74, 6) is -0.865. The highest BCUT2D eigenvalue weighted by molar-refractivity contribution is 5.98. The minimum atomic E-state index is -2.99. The van der Waals surface area contributed by atoms with Gasteiger partial charge in [-0.25, -0.2) is 4.79 Å². The predicted octanol–water partition coefficient (Wildman–Crippen LogP) is 4.09. The summed E-state index contributed by atoms with van der Waals surface area (Å²) in [6.07, 6.45) is 3.86. The molecular weight excluding hydrogens is 500 g/mol. The molecule has 0 spiro atoms. The molecule has 2 atom stereocenters. The van der Waals surface area contributed by atoms with Crippen LogP contribution >= 0.6 is 0 Å². The largest absolute Gasteiger partial charge is 0.489 e. The number of pyridine rings is 1. The maximum Gasteiger partial charge on any atom is 0.387 e. The van der Waals surface area contributed by atoms with Crippen molar-refractivity contribution in [3.63, 3.8) is 0 Å². The number of rotatable bonds is 10. The van der Waals surface area contributed by atoms with Crippen molar-refractivity contribution < 1.29 is 37.4 Å². The summed E-state index contributed by atoms with van der Waals surface area (Å²) in [6, 6.07) is 5.67. The number of nitrogens with one attached hydrogen (secondary N) is 1. The van der Waals surface area contributed by atoms with Crippen molar-refractivity contribution in [3.8, 4) is 11.5 Å². The molecule has 4 rings (SSSR count). The van der Waals surface area contributed by atoms with Crippen LogP contribution in [0.1, 0.15) is 77.0 Å². The number of hydrogen-bond donors (Lipinski definition) is 1. The third-order valence-electron chi connectivity index (χ3n) is 6.77. The number of esters is 1. The van der Waals surface area contributed by atoms with E-state index >= 15 is 0 Å². The van der Waals surface area contributed by atoms with Crippen LogP contribution in [0.15, 0.2) is 30.5 Å². The quantitative estimate of drug-likeness (QED) is 0.461. The third kappa shape index (κ3) is 6.20. The highest BCUT2D eigenvalue weighted by Crippen LogP contribution is 2.43. The molecule has 1 aliphatic heterocycles. The summed E-state index contributed by atoms with van der Waals surface area (Å²) >= 11 is 0. The Labute approximate surface area is 219 Å². The monoisotopic (exact) mass is 531 g/mol. The van der Waals surface area contributed by atoms with Crippen molar-refractivity contribution in [2.24, 2.45) is 5.92 Å². The predicted molar refractivity (Wildman–Crippen MR) is 132 cm³/mol. The Bertz CT molecular complexity index is 1200. The van der Waals surface area contributed by atoms with Gasteiger partial charge in [-0.1, -0.05) is 6.07 Å². The molecule has 38 heavy (non-hydrogen) atoms. The first kappa shape index (κ1) is 27.3. The first-order valence-corrected chi connectivity index (χ1v) is 12.6. The van der Waals surface area contributed by atoms with Gasteiger partial charge in [-0.05, 0) is 55.9 Å². The number of hydrogen-bond acceptors (Lipinski definition) is 7. The molecule has 2 heterocycles. The van der Waals surface area contributed by atoms with E-state index in [1.54, 1.807) is 24.0 Å². The van der Waals surface area contributed by atoms with Gasteiger partial charge in [0.15, 0.2) is 11.5 Å². The zero-order valence-corrected chi connectivity index (χ0v) is 21.5. The van der Waals surface area contributed by atoms with E-state index in [2.05, 4.69) is 15.0 Å². The number of likely N-dealkylation sites (tertiary alicyclic amines) is 1. The van der Waals surface area contributed by atoms with E-state index in [4.69, 9.17) is 9.47 Å². The van der Waals surface area contributed by atoms with Gasteiger partial charge in [-0.3, -0.25) is 14.6 Å². The van der Waals surface area contributed by atoms with Crippen LogP contribution in [0.5, 0.6) is 11.5 Å². The lowest BCUT2D eigenvalue weighted by molar-refractivity contribution is -0.129. The molecule has 204 valence electrons. The van der Waals surface area contributed by atoms with E-state index in [1.165, 1.54) is 32.4 Å². The number of ether oxygens (including phenoxy) is 3.